The molecular formula is C29H30FNO4. The molecule has 5 rings (SSSR count). The molecule has 3 aromatic rings. The van der Waals surface area contributed by atoms with Crippen molar-refractivity contribution in [2.75, 3.05) is 32.9 Å². The van der Waals surface area contributed by atoms with Gasteiger partial charge in [-0.05, 0) is 79.1 Å². The molecule has 6 heteroatoms. The summed E-state index contributed by atoms with van der Waals surface area (Å²) in [6.45, 7) is 4.88. The average Bonchev–Trinajstić information content (AvgIpc) is 3.34. The molecule has 0 amide bonds. The zero-order chi connectivity index (χ0) is 24.4. The molecule has 2 aliphatic rings. The molecule has 1 unspecified atom stereocenters. The van der Waals surface area contributed by atoms with E-state index in [0.29, 0.717) is 12.4 Å². The highest BCUT2D eigenvalue weighted by atomic mass is 19.1. The van der Waals surface area contributed by atoms with Crippen molar-refractivity contribution in [3.8, 4) is 23.0 Å². The maximum Gasteiger partial charge on any atom is 0.150 e. The zero-order valence-electron chi connectivity index (χ0n) is 19.8. The zero-order valence-corrected chi connectivity index (χ0v) is 19.8. The first-order chi connectivity index (χ1) is 17.0. The number of nitrogens with zero attached hydrogens (tertiary/aromatic N) is 1. The quantitative estimate of drug-likeness (QED) is 0.450. The lowest BCUT2D eigenvalue weighted by atomic mass is 9.86. The number of rotatable bonds is 7. The van der Waals surface area contributed by atoms with Crippen LogP contribution in [0.5, 0.6) is 23.0 Å². The maximum absolute atomic E-state index is 12.8. The van der Waals surface area contributed by atoms with E-state index in [9.17, 15) is 14.6 Å². The first-order valence-corrected chi connectivity index (χ1v) is 12.0. The van der Waals surface area contributed by atoms with Crippen molar-refractivity contribution in [2.45, 2.75) is 19.4 Å². The van der Waals surface area contributed by atoms with Crippen molar-refractivity contribution in [1.82, 2.24) is 4.90 Å². The van der Waals surface area contributed by atoms with Gasteiger partial charge in [0.15, 0.2) is 0 Å². The number of likely N-dealkylation sites (tertiary alicyclic amines) is 1. The van der Waals surface area contributed by atoms with Gasteiger partial charge < -0.3 is 19.7 Å². The highest BCUT2D eigenvalue weighted by molar-refractivity contribution is 5.95. The summed E-state index contributed by atoms with van der Waals surface area (Å²) in [4.78, 5) is 2.25. The van der Waals surface area contributed by atoms with Crippen molar-refractivity contribution in [2.24, 2.45) is 5.92 Å². The Labute approximate surface area is 205 Å². The van der Waals surface area contributed by atoms with E-state index < -0.39 is 0 Å². The molecule has 3 aromatic carbocycles. The minimum atomic E-state index is -0.354. The van der Waals surface area contributed by atoms with Crippen LogP contribution in [0.2, 0.25) is 0 Å². The lowest BCUT2D eigenvalue weighted by molar-refractivity contribution is 0.228. The van der Waals surface area contributed by atoms with Gasteiger partial charge in [0.2, 0.25) is 0 Å². The van der Waals surface area contributed by atoms with Crippen LogP contribution in [-0.4, -0.2) is 48.0 Å². The number of aromatic hydroxyl groups is 2. The smallest absolute Gasteiger partial charge is 0.150 e. The molecule has 0 aliphatic carbocycles. The standard InChI is InChI=1S/C29H30FNO4/c1-19-26-16-24(33)8-11-27(26)35-29(28(19)21-2-6-23(32)7-3-21)22-4-9-25(10-5-22)34-15-14-31-13-12-20(17-30)18-31/h2-11,16,20,29,32-33H,12-15,17-18H2,1H3/t20-,29?/m0/s1. The predicted molar refractivity (Wildman–Crippen MR) is 135 cm³/mol. The fourth-order valence-electron chi connectivity index (χ4n) is 4.96. The largest absolute Gasteiger partial charge is 0.508 e. The van der Waals surface area contributed by atoms with E-state index in [1.54, 1.807) is 30.3 Å². The molecule has 0 radical (unpaired) electrons. The van der Waals surface area contributed by atoms with Gasteiger partial charge in [-0.15, -0.1) is 0 Å². The molecule has 0 spiro atoms. The molecular weight excluding hydrogens is 445 g/mol. The fraction of sp³-hybridized carbons (Fsp3) is 0.310. The normalized spacial score (nSPS) is 19.9. The van der Waals surface area contributed by atoms with Gasteiger partial charge in [0.1, 0.15) is 35.7 Å². The van der Waals surface area contributed by atoms with Crippen molar-refractivity contribution in [3.05, 3.63) is 83.4 Å². The first-order valence-electron chi connectivity index (χ1n) is 12.0. The first kappa shape index (κ1) is 23.2. The third-order valence-electron chi connectivity index (χ3n) is 6.90. The Kier molecular flexibility index (Phi) is 6.64. The number of benzene rings is 3. The van der Waals surface area contributed by atoms with E-state index in [-0.39, 0.29) is 30.2 Å². The average molecular weight is 476 g/mol. The fourth-order valence-corrected chi connectivity index (χ4v) is 4.96. The van der Waals surface area contributed by atoms with Gasteiger partial charge in [-0.1, -0.05) is 24.3 Å². The summed E-state index contributed by atoms with van der Waals surface area (Å²) >= 11 is 0. The molecule has 2 atom stereocenters. The summed E-state index contributed by atoms with van der Waals surface area (Å²) < 4.78 is 25.2. The minimum Gasteiger partial charge on any atom is -0.508 e. The Bertz CT molecular complexity index is 1210. The van der Waals surface area contributed by atoms with Crippen molar-refractivity contribution in [1.29, 1.82) is 0 Å². The molecule has 0 saturated carbocycles. The van der Waals surface area contributed by atoms with Crippen LogP contribution in [0.15, 0.2) is 66.7 Å². The SMILES string of the molecule is CC1=C(c2ccc(O)cc2)C(c2ccc(OCCN3CC[C@@H](CF)C3)cc2)Oc2ccc(O)cc21. The summed E-state index contributed by atoms with van der Waals surface area (Å²) in [5, 5.41) is 19.8. The Morgan fingerprint density at radius 2 is 1.74 bits per heavy atom. The van der Waals surface area contributed by atoms with Crippen LogP contribution in [0.4, 0.5) is 4.39 Å². The molecule has 5 nitrogen and oxygen atoms in total. The van der Waals surface area contributed by atoms with Crippen LogP contribution in [0, 0.1) is 5.92 Å². The Balaban J connectivity index is 1.36. The van der Waals surface area contributed by atoms with Gasteiger partial charge in [0.25, 0.3) is 0 Å². The Hall–Kier alpha value is -3.51. The van der Waals surface area contributed by atoms with Gasteiger partial charge in [0.05, 0.1) is 6.67 Å². The molecule has 2 aliphatic heterocycles. The number of hydrogen-bond acceptors (Lipinski definition) is 5. The number of halogens is 1. The Morgan fingerprint density at radius 3 is 2.46 bits per heavy atom. The van der Waals surface area contributed by atoms with Crippen LogP contribution >= 0.6 is 0 Å². The van der Waals surface area contributed by atoms with E-state index in [0.717, 1.165) is 59.6 Å². The maximum atomic E-state index is 12.8. The molecule has 2 N–H and O–H groups in total. The summed E-state index contributed by atoms with van der Waals surface area (Å²) in [5.74, 6) is 2.05. The summed E-state index contributed by atoms with van der Waals surface area (Å²) in [5.41, 5.74) is 4.76. The lowest BCUT2D eigenvalue weighted by Gasteiger charge is -2.31. The molecule has 35 heavy (non-hydrogen) atoms. The number of hydrogen-bond donors (Lipinski definition) is 2. The van der Waals surface area contributed by atoms with E-state index in [4.69, 9.17) is 9.47 Å². The topological polar surface area (TPSA) is 62.2 Å². The molecule has 182 valence electrons. The molecule has 0 aromatic heterocycles. The molecule has 2 heterocycles. The van der Waals surface area contributed by atoms with Crippen LogP contribution in [0.1, 0.15) is 36.1 Å². The third-order valence-corrected chi connectivity index (χ3v) is 6.90. The minimum absolute atomic E-state index is 0.165. The van der Waals surface area contributed by atoms with Crippen molar-refractivity contribution >= 4 is 11.1 Å². The molecule has 0 bridgehead atoms. The number of phenols is 2. The second-order valence-corrected chi connectivity index (χ2v) is 9.29. The second kappa shape index (κ2) is 10.0. The third kappa shape index (κ3) is 4.98. The van der Waals surface area contributed by atoms with Gasteiger partial charge in [-0.25, -0.2) is 0 Å². The number of ether oxygens (including phenoxy) is 2. The molecule has 1 fully saturated rings. The summed E-state index contributed by atoms with van der Waals surface area (Å²) in [6, 6.07) is 20.1. The van der Waals surface area contributed by atoms with Crippen molar-refractivity contribution in [3.63, 3.8) is 0 Å². The predicted octanol–water partition coefficient (Wildman–Crippen LogP) is 5.83. The monoisotopic (exact) mass is 475 g/mol. The van der Waals surface area contributed by atoms with Gasteiger partial charge >= 0.3 is 0 Å². The van der Waals surface area contributed by atoms with Crippen LogP contribution < -0.4 is 9.47 Å². The van der Waals surface area contributed by atoms with Crippen LogP contribution in [-0.2, 0) is 0 Å². The van der Waals surface area contributed by atoms with Gasteiger partial charge in [-0.3, -0.25) is 9.29 Å². The number of phenolic OH excluding ortho intramolecular Hbond substituents is 2. The van der Waals surface area contributed by atoms with E-state index in [2.05, 4.69) is 4.90 Å². The highest BCUT2D eigenvalue weighted by Crippen LogP contribution is 2.47. The number of alkyl halides is 1. The van der Waals surface area contributed by atoms with E-state index in [1.807, 2.05) is 43.3 Å². The van der Waals surface area contributed by atoms with Gasteiger partial charge in [0, 0.05) is 30.1 Å². The Morgan fingerprint density at radius 1 is 1.00 bits per heavy atom. The number of allylic oxidation sites excluding steroid dienone is 1. The van der Waals surface area contributed by atoms with Crippen molar-refractivity contribution < 1.29 is 24.1 Å². The van der Waals surface area contributed by atoms with Crippen LogP contribution in [0.3, 0.4) is 0 Å². The second-order valence-electron chi connectivity index (χ2n) is 9.29. The summed E-state index contributed by atoms with van der Waals surface area (Å²) in [6.07, 6.45) is 0.568. The number of fused-ring (bicyclic) bond motifs is 1. The lowest BCUT2D eigenvalue weighted by Crippen LogP contribution is -2.26. The molecule has 1 saturated heterocycles. The summed E-state index contributed by atoms with van der Waals surface area (Å²) in [7, 11) is 0. The highest BCUT2D eigenvalue weighted by Gasteiger charge is 2.29. The van der Waals surface area contributed by atoms with E-state index >= 15 is 0 Å². The van der Waals surface area contributed by atoms with E-state index in [1.165, 1.54) is 0 Å². The van der Waals surface area contributed by atoms with Gasteiger partial charge in [-0.2, -0.15) is 0 Å². The van der Waals surface area contributed by atoms with Crippen LogP contribution in [0.25, 0.3) is 11.1 Å².